The average Bonchev–Trinajstić information content (AvgIpc) is 1.35. The molecule has 0 N–H and O–H groups in total. The highest BCUT2D eigenvalue weighted by atomic mass is 127. The Hall–Kier alpha value is 0.250. The lowest BCUT2D eigenvalue weighted by atomic mass is 10.6. The van der Waals surface area contributed by atoms with Crippen LogP contribution >= 0.6 is 22.6 Å². The van der Waals surface area contributed by atoms with Crippen LogP contribution < -0.4 is 0 Å². The normalized spacial score (nSPS) is 6.50. The van der Waals surface area contributed by atoms with Gasteiger partial charge < -0.3 is 0 Å². The number of hydrogen-bond acceptors (Lipinski definition) is 0. The highest BCUT2D eigenvalue weighted by Crippen LogP contribution is 1.97. The molecule has 0 nitrogen and oxygen atoms in total. The molecule has 0 aliphatic heterocycles. The van der Waals surface area contributed by atoms with Gasteiger partial charge in [-0.15, -0.1) is 5.73 Å². The summed E-state index contributed by atoms with van der Waals surface area (Å²) < 4.78 is 1.20. The Balaban J connectivity index is 3.73. The largest absolute Gasteiger partial charge is 0.116 e. The molecule has 0 heterocycles. The molecule has 0 saturated carbocycles. The minimum absolute atomic E-state index is 1.20. The second-order valence-electron chi connectivity index (χ2n) is 0.966. The molecular formula is C5H7I. The zero-order chi connectivity index (χ0) is 4.99. The molecule has 0 aromatic rings. The SMILES string of the molecule is CC=C=C(C)I. The number of halogens is 1. The minimum atomic E-state index is 1.20. The van der Waals surface area contributed by atoms with E-state index in [0.717, 1.165) is 0 Å². The fourth-order valence-electron chi connectivity index (χ4n) is 0.199. The van der Waals surface area contributed by atoms with Crippen LogP contribution in [0.5, 0.6) is 0 Å². The van der Waals surface area contributed by atoms with E-state index in [2.05, 4.69) is 28.3 Å². The van der Waals surface area contributed by atoms with E-state index in [1.54, 1.807) is 0 Å². The molecule has 0 aliphatic rings. The van der Waals surface area contributed by atoms with E-state index in [-0.39, 0.29) is 0 Å². The summed E-state index contributed by atoms with van der Waals surface area (Å²) in [5.41, 5.74) is 2.99. The van der Waals surface area contributed by atoms with Crippen molar-refractivity contribution in [2.75, 3.05) is 0 Å². The van der Waals surface area contributed by atoms with Crippen molar-refractivity contribution in [3.63, 3.8) is 0 Å². The molecule has 0 atom stereocenters. The third-order valence-electron chi connectivity index (χ3n) is 0.343. The summed E-state index contributed by atoms with van der Waals surface area (Å²) in [5.74, 6) is 0. The van der Waals surface area contributed by atoms with Crippen molar-refractivity contribution in [2.24, 2.45) is 0 Å². The molecule has 0 spiro atoms. The summed E-state index contributed by atoms with van der Waals surface area (Å²) >= 11 is 2.22. The van der Waals surface area contributed by atoms with Gasteiger partial charge in [-0.25, -0.2) is 0 Å². The van der Waals surface area contributed by atoms with Gasteiger partial charge in [0.1, 0.15) is 0 Å². The lowest BCUT2D eigenvalue weighted by Crippen LogP contribution is -1.41. The van der Waals surface area contributed by atoms with Crippen LogP contribution in [0.3, 0.4) is 0 Å². The molecule has 0 amide bonds. The van der Waals surface area contributed by atoms with Gasteiger partial charge in [-0.1, -0.05) is 0 Å². The quantitative estimate of drug-likeness (QED) is 0.410. The van der Waals surface area contributed by atoms with Gasteiger partial charge in [0.25, 0.3) is 0 Å². The monoisotopic (exact) mass is 194 g/mol. The Labute approximate surface area is 52.1 Å². The summed E-state index contributed by atoms with van der Waals surface area (Å²) in [6.45, 7) is 3.97. The Kier molecular flexibility index (Phi) is 3.58. The van der Waals surface area contributed by atoms with Crippen LogP contribution in [0.1, 0.15) is 13.8 Å². The first kappa shape index (κ1) is 6.25. The number of rotatable bonds is 0. The van der Waals surface area contributed by atoms with Crippen LogP contribution in [0.15, 0.2) is 15.4 Å². The molecule has 0 saturated heterocycles. The van der Waals surface area contributed by atoms with Crippen LogP contribution in [0.2, 0.25) is 0 Å². The maximum Gasteiger partial charge on any atom is 0.0289 e. The summed E-state index contributed by atoms with van der Waals surface area (Å²) in [6, 6.07) is 0. The molecule has 0 unspecified atom stereocenters. The van der Waals surface area contributed by atoms with Crippen LogP contribution in [0.25, 0.3) is 0 Å². The first-order valence-corrected chi connectivity index (χ1v) is 2.88. The van der Waals surface area contributed by atoms with E-state index in [1.807, 2.05) is 19.9 Å². The van der Waals surface area contributed by atoms with E-state index in [9.17, 15) is 0 Å². The van der Waals surface area contributed by atoms with Crippen LogP contribution in [0.4, 0.5) is 0 Å². The molecule has 6 heavy (non-hydrogen) atoms. The van der Waals surface area contributed by atoms with E-state index >= 15 is 0 Å². The molecule has 1 heteroatoms. The fourth-order valence-corrected chi connectivity index (χ4v) is 0.510. The van der Waals surface area contributed by atoms with E-state index < -0.39 is 0 Å². The maximum absolute atomic E-state index is 2.99. The maximum atomic E-state index is 2.99. The van der Waals surface area contributed by atoms with Crippen LogP contribution in [-0.4, -0.2) is 0 Å². The Bertz CT molecular complexity index is 82.1. The van der Waals surface area contributed by atoms with Crippen molar-refractivity contribution in [1.29, 1.82) is 0 Å². The van der Waals surface area contributed by atoms with Crippen LogP contribution in [0, 0.1) is 0 Å². The standard InChI is InChI=1S/C5H7I/c1-3-4-5(2)6/h3H,1-2H3. The van der Waals surface area contributed by atoms with Crippen LogP contribution in [-0.2, 0) is 0 Å². The average molecular weight is 194 g/mol. The summed E-state index contributed by atoms with van der Waals surface area (Å²) in [4.78, 5) is 0. The zero-order valence-electron chi connectivity index (χ0n) is 3.96. The van der Waals surface area contributed by atoms with Gasteiger partial charge in [0.15, 0.2) is 0 Å². The highest BCUT2D eigenvalue weighted by Gasteiger charge is 1.63. The first-order chi connectivity index (χ1) is 2.77. The van der Waals surface area contributed by atoms with Gasteiger partial charge in [-0.2, -0.15) is 0 Å². The predicted molar refractivity (Wildman–Crippen MR) is 37.0 cm³/mol. The van der Waals surface area contributed by atoms with E-state index in [1.165, 1.54) is 3.58 Å². The smallest absolute Gasteiger partial charge is 0.0289 e. The number of allylic oxidation sites excluding steroid dienone is 1. The van der Waals surface area contributed by atoms with Gasteiger partial charge in [0.2, 0.25) is 0 Å². The predicted octanol–water partition coefficient (Wildman–Crippen LogP) is 2.50. The zero-order valence-corrected chi connectivity index (χ0v) is 6.11. The Morgan fingerprint density at radius 1 is 1.83 bits per heavy atom. The Morgan fingerprint density at radius 3 is 2.33 bits per heavy atom. The molecule has 0 bridgehead atoms. The van der Waals surface area contributed by atoms with Crippen molar-refractivity contribution in [1.82, 2.24) is 0 Å². The van der Waals surface area contributed by atoms with Crippen molar-refractivity contribution in [2.45, 2.75) is 13.8 Å². The molecule has 0 aliphatic carbocycles. The second-order valence-corrected chi connectivity index (χ2v) is 2.58. The third-order valence-corrected chi connectivity index (χ3v) is 0.655. The highest BCUT2D eigenvalue weighted by molar-refractivity contribution is 14.1. The molecule has 0 aromatic heterocycles. The molecule has 0 rings (SSSR count). The second kappa shape index (κ2) is 3.44. The van der Waals surface area contributed by atoms with E-state index in [0.29, 0.717) is 0 Å². The van der Waals surface area contributed by atoms with Gasteiger partial charge in [0, 0.05) is 3.58 Å². The topological polar surface area (TPSA) is 0 Å². The van der Waals surface area contributed by atoms with Crippen molar-refractivity contribution >= 4 is 22.6 Å². The molecule has 0 aromatic carbocycles. The van der Waals surface area contributed by atoms with Gasteiger partial charge in [-0.3, -0.25) is 0 Å². The van der Waals surface area contributed by atoms with Crippen molar-refractivity contribution in [3.8, 4) is 0 Å². The molecular weight excluding hydrogens is 187 g/mol. The van der Waals surface area contributed by atoms with Gasteiger partial charge in [-0.05, 0) is 42.5 Å². The number of hydrogen-bond donors (Lipinski definition) is 0. The lowest BCUT2D eigenvalue weighted by Gasteiger charge is -1.67. The molecule has 0 fully saturated rings. The summed E-state index contributed by atoms with van der Waals surface area (Å²) in [6.07, 6.45) is 1.90. The molecule has 0 radical (unpaired) electrons. The fraction of sp³-hybridized carbons (Fsp3) is 0.400. The third kappa shape index (κ3) is 4.25. The minimum Gasteiger partial charge on any atom is -0.116 e. The lowest BCUT2D eigenvalue weighted by molar-refractivity contribution is 1.69. The van der Waals surface area contributed by atoms with Gasteiger partial charge in [0.05, 0.1) is 0 Å². The molecule has 34 valence electrons. The first-order valence-electron chi connectivity index (χ1n) is 1.81. The summed E-state index contributed by atoms with van der Waals surface area (Å²) in [5, 5.41) is 0. The summed E-state index contributed by atoms with van der Waals surface area (Å²) in [7, 11) is 0. The van der Waals surface area contributed by atoms with Gasteiger partial charge >= 0.3 is 0 Å². The van der Waals surface area contributed by atoms with Crippen molar-refractivity contribution in [3.05, 3.63) is 15.4 Å². The Morgan fingerprint density at radius 2 is 2.33 bits per heavy atom. The van der Waals surface area contributed by atoms with Crippen molar-refractivity contribution < 1.29 is 0 Å². The van der Waals surface area contributed by atoms with E-state index in [4.69, 9.17) is 0 Å².